The lowest BCUT2D eigenvalue weighted by atomic mass is 10.0. The first kappa shape index (κ1) is 98.0. The summed E-state index contributed by atoms with van der Waals surface area (Å²) in [4.78, 5) is 73.0. The topological polar surface area (TPSA) is 237 Å². The number of carbonyl (C=O) groups excluding carboxylic acids is 4. The summed E-state index contributed by atoms with van der Waals surface area (Å²) in [6, 6.07) is 0. The molecule has 0 aromatic rings. The average molecular weight is 1480 g/mol. The van der Waals surface area contributed by atoms with Gasteiger partial charge in [-0.3, -0.25) is 37.3 Å². The Kier molecular flexibility index (Phi) is 72.3. The van der Waals surface area contributed by atoms with Crippen molar-refractivity contribution >= 4 is 39.5 Å². The Morgan fingerprint density at radius 1 is 0.284 bits per heavy atom. The van der Waals surface area contributed by atoms with E-state index >= 15 is 0 Å². The van der Waals surface area contributed by atoms with E-state index in [1.807, 2.05) is 0 Å². The number of aliphatic hydroxyl groups excluding tert-OH is 1. The number of phosphoric acid groups is 2. The first-order chi connectivity index (χ1) is 49.7. The third-order valence-corrected chi connectivity index (χ3v) is 19.0. The van der Waals surface area contributed by atoms with Crippen molar-refractivity contribution in [3.05, 3.63) is 97.2 Å². The maximum Gasteiger partial charge on any atom is 0.472 e. The number of hydrogen-bond donors (Lipinski definition) is 3. The summed E-state index contributed by atoms with van der Waals surface area (Å²) >= 11 is 0. The largest absolute Gasteiger partial charge is 0.472 e. The Morgan fingerprint density at radius 3 is 0.784 bits per heavy atom. The van der Waals surface area contributed by atoms with Gasteiger partial charge in [0.25, 0.3) is 0 Å². The summed E-state index contributed by atoms with van der Waals surface area (Å²) in [7, 11) is -9.96. The lowest BCUT2D eigenvalue weighted by Gasteiger charge is -2.21. The molecule has 0 bridgehead atoms. The number of phosphoric ester groups is 2. The van der Waals surface area contributed by atoms with Crippen molar-refractivity contribution in [1.82, 2.24) is 0 Å². The monoisotopic (exact) mass is 1480 g/mol. The number of hydrogen-bond acceptors (Lipinski definition) is 15. The van der Waals surface area contributed by atoms with Crippen LogP contribution in [-0.4, -0.2) is 96.7 Å². The van der Waals surface area contributed by atoms with Crippen LogP contribution in [0.3, 0.4) is 0 Å². The van der Waals surface area contributed by atoms with E-state index < -0.39 is 97.5 Å². The zero-order valence-electron chi connectivity index (χ0n) is 64.5. The molecule has 19 heteroatoms. The van der Waals surface area contributed by atoms with Gasteiger partial charge < -0.3 is 33.8 Å². The van der Waals surface area contributed by atoms with E-state index in [9.17, 15) is 43.2 Å². The molecule has 0 rings (SSSR count). The van der Waals surface area contributed by atoms with Crippen molar-refractivity contribution in [2.75, 3.05) is 39.6 Å². The standard InChI is InChI=1S/C83H146O17P2/c1-5-9-13-17-21-25-29-33-36-38-41-45-48-52-56-60-64-68-81(86)94-74-79(100-83(88)70-66-62-58-54-50-46-42-39-37-34-30-26-22-18-14-10-6-2)76-98-102(91,92)96-72-77(84)71-95-101(89,90)97-75-78(99-82(87)69-65-61-57-53-49-43-32-28-24-20-16-12-8-4)73-93-80(85)67-63-59-55-51-47-44-40-35-31-27-23-19-15-11-7-3/h9-10,13-14,21-22,25-26,33-34,36-37,41-42,45-46,77-79,84H,5-8,11-12,15-20,23-24,27-32,35,38-40,43-44,47-76H2,1-4H3,(H,89,90)(H,91,92)/b13-9-,14-10-,25-21-,26-22-,36-33-,37-34-,45-41-,46-42-. The molecular formula is C83H146O17P2. The lowest BCUT2D eigenvalue weighted by Crippen LogP contribution is -2.30. The maximum atomic E-state index is 13.1. The van der Waals surface area contributed by atoms with Crippen LogP contribution in [-0.2, 0) is 65.4 Å². The number of esters is 4. The highest BCUT2D eigenvalue weighted by Crippen LogP contribution is 2.45. The molecule has 0 aliphatic carbocycles. The highest BCUT2D eigenvalue weighted by Gasteiger charge is 2.30. The Balaban J connectivity index is 5.38. The minimum absolute atomic E-state index is 0.0612. The Hall–Kier alpha value is -4.02. The highest BCUT2D eigenvalue weighted by atomic mass is 31.2. The molecule has 0 heterocycles. The Bertz CT molecular complexity index is 2310. The first-order valence-corrected chi connectivity index (χ1v) is 43.5. The smallest absolute Gasteiger partial charge is 0.462 e. The third-order valence-electron chi connectivity index (χ3n) is 17.1. The van der Waals surface area contributed by atoms with Crippen molar-refractivity contribution in [3.63, 3.8) is 0 Å². The summed E-state index contributed by atoms with van der Waals surface area (Å²) in [5.41, 5.74) is 0. The van der Waals surface area contributed by atoms with Gasteiger partial charge in [-0.1, -0.05) is 318 Å². The van der Waals surface area contributed by atoms with Crippen LogP contribution in [0, 0.1) is 0 Å². The van der Waals surface area contributed by atoms with E-state index in [0.29, 0.717) is 25.7 Å². The van der Waals surface area contributed by atoms with Gasteiger partial charge in [0.15, 0.2) is 12.2 Å². The highest BCUT2D eigenvalue weighted by molar-refractivity contribution is 7.47. The molecule has 0 aromatic heterocycles. The minimum atomic E-state index is -4.99. The van der Waals surface area contributed by atoms with Gasteiger partial charge in [0.1, 0.15) is 19.3 Å². The van der Waals surface area contributed by atoms with Crippen LogP contribution >= 0.6 is 15.6 Å². The van der Waals surface area contributed by atoms with E-state index in [1.54, 1.807) is 0 Å². The van der Waals surface area contributed by atoms with Crippen molar-refractivity contribution in [2.24, 2.45) is 0 Å². The number of aliphatic hydroxyl groups is 1. The number of carbonyl (C=O) groups is 4. The Labute approximate surface area is 620 Å². The minimum Gasteiger partial charge on any atom is -0.462 e. The predicted molar refractivity (Wildman–Crippen MR) is 418 cm³/mol. The molecule has 0 spiro atoms. The molecule has 5 unspecified atom stereocenters. The van der Waals surface area contributed by atoms with Gasteiger partial charge in [0.05, 0.1) is 26.4 Å². The first-order valence-electron chi connectivity index (χ1n) is 40.5. The van der Waals surface area contributed by atoms with Gasteiger partial charge in [0.2, 0.25) is 0 Å². The molecule has 5 atom stereocenters. The lowest BCUT2D eigenvalue weighted by molar-refractivity contribution is -0.161. The second kappa shape index (κ2) is 75.2. The van der Waals surface area contributed by atoms with Crippen LogP contribution in [0.4, 0.5) is 0 Å². The van der Waals surface area contributed by atoms with E-state index in [0.717, 1.165) is 148 Å². The molecule has 0 amide bonds. The van der Waals surface area contributed by atoms with Crippen molar-refractivity contribution in [3.8, 4) is 0 Å². The van der Waals surface area contributed by atoms with E-state index in [-0.39, 0.29) is 25.7 Å². The normalized spacial score (nSPS) is 14.4. The molecule has 102 heavy (non-hydrogen) atoms. The molecule has 0 aliphatic rings. The molecule has 0 saturated heterocycles. The third kappa shape index (κ3) is 74.3. The fourth-order valence-electron chi connectivity index (χ4n) is 11.0. The van der Waals surface area contributed by atoms with Crippen LogP contribution in [0.2, 0.25) is 0 Å². The zero-order valence-corrected chi connectivity index (χ0v) is 66.3. The number of allylic oxidation sites excluding steroid dienone is 16. The van der Waals surface area contributed by atoms with Crippen molar-refractivity contribution in [2.45, 2.75) is 367 Å². The summed E-state index contributed by atoms with van der Waals surface area (Å²) in [5, 5.41) is 10.6. The molecule has 0 aliphatic heterocycles. The van der Waals surface area contributed by atoms with Crippen molar-refractivity contribution in [1.29, 1.82) is 0 Å². The fourth-order valence-corrected chi connectivity index (χ4v) is 12.5. The Morgan fingerprint density at radius 2 is 0.510 bits per heavy atom. The fraction of sp³-hybridized carbons (Fsp3) is 0.759. The molecule has 0 saturated carbocycles. The van der Waals surface area contributed by atoms with Crippen LogP contribution in [0.25, 0.3) is 0 Å². The SMILES string of the molecule is CC/C=C\C/C=C\C/C=C\C/C=C\CCCCCCC(=O)OCC(COP(=O)(O)OCC(O)COP(=O)(O)OCC(COC(=O)CCCCCCCCCCCCCCCCC)OC(=O)CCCCCCCCCCCCCCC)OC(=O)CCCCCC/C=C\C/C=C\C/C=C\C/C=C\CC. The molecular weight excluding hydrogens is 1330 g/mol. The summed E-state index contributed by atoms with van der Waals surface area (Å²) in [5.74, 6) is -2.20. The zero-order chi connectivity index (χ0) is 74.6. The van der Waals surface area contributed by atoms with Gasteiger partial charge in [0, 0.05) is 25.7 Å². The molecule has 17 nitrogen and oxygen atoms in total. The number of rotatable bonds is 76. The van der Waals surface area contributed by atoms with Crippen LogP contribution in [0.5, 0.6) is 0 Å². The van der Waals surface area contributed by atoms with E-state index in [1.165, 1.54) is 122 Å². The number of ether oxygens (including phenoxy) is 4. The summed E-state index contributed by atoms with van der Waals surface area (Å²) < 4.78 is 68.6. The van der Waals surface area contributed by atoms with E-state index in [4.69, 9.17) is 37.0 Å². The maximum absolute atomic E-state index is 13.1. The molecule has 0 aromatic carbocycles. The predicted octanol–water partition coefficient (Wildman–Crippen LogP) is 23.6. The van der Waals surface area contributed by atoms with Crippen LogP contribution in [0.1, 0.15) is 349 Å². The van der Waals surface area contributed by atoms with Crippen LogP contribution in [0.15, 0.2) is 97.2 Å². The number of unbranched alkanes of at least 4 members (excludes halogenated alkanes) is 34. The van der Waals surface area contributed by atoms with Gasteiger partial charge in [-0.25, -0.2) is 9.13 Å². The van der Waals surface area contributed by atoms with Gasteiger partial charge in [-0.15, -0.1) is 0 Å². The summed E-state index contributed by atoms with van der Waals surface area (Å²) in [6.07, 6.45) is 79.5. The summed E-state index contributed by atoms with van der Waals surface area (Å²) in [6.45, 7) is 4.65. The average Bonchev–Trinajstić information content (AvgIpc) is 0.959. The second-order valence-corrected chi connectivity index (χ2v) is 29.9. The van der Waals surface area contributed by atoms with E-state index in [2.05, 4.69) is 125 Å². The quantitative estimate of drug-likeness (QED) is 0.0169. The van der Waals surface area contributed by atoms with Gasteiger partial charge in [-0.2, -0.15) is 0 Å². The van der Waals surface area contributed by atoms with Gasteiger partial charge >= 0.3 is 39.5 Å². The molecule has 0 radical (unpaired) electrons. The molecule has 3 N–H and O–H groups in total. The molecule has 0 fully saturated rings. The van der Waals surface area contributed by atoms with Crippen molar-refractivity contribution < 1.29 is 80.2 Å². The van der Waals surface area contributed by atoms with Crippen LogP contribution < -0.4 is 0 Å². The van der Waals surface area contributed by atoms with Gasteiger partial charge in [-0.05, 0) is 103 Å². The molecule has 590 valence electrons. The second-order valence-electron chi connectivity index (χ2n) is 27.0.